The highest BCUT2D eigenvalue weighted by molar-refractivity contribution is 6.00. The van der Waals surface area contributed by atoms with Crippen LogP contribution in [0.5, 0.6) is 0 Å². The molecular formula is C51H66N8O12. The van der Waals surface area contributed by atoms with Crippen molar-refractivity contribution in [2.24, 2.45) is 17.8 Å². The van der Waals surface area contributed by atoms with Gasteiger partial charge in [-0.25, -0.2) is 9.59 Å². The third-order valence-electron chi connectivity index (χ3n) is 12.5. The molecule has 3 aromatic rings. The normalized spacial score (nSPS) is 25.4. The summed E-state index contributed by atoms with van der Waals surface area (Å²) in [5, 5.41) is 36.1. The molecule has 2 aromatic carbocycles. The van der Waals surface area contributed by atoms with Crippen LogP contribution in [0.1, 0.15) is 65.5 Å². The zero-order valence-electron chi connectivity index (χ0n) is 41.2. The number of likely N-dealkylation sites (N-methyl/N-ethyl adjacent to an activating group) is 1. The highest BCUT2D eigenvalue weighted by Gasteiger charge is 2.37. The Morgan fingerprint density at radius 3 is 2.06 bits per heavy atom. The number of ether oxygens (including phenoxy) is 1. The van der Waals surface area contributed by atoms with Crippen molar-refractivity contribution in [3.63, 3.8) is 0 Å². The van der Waals surface area contributed by atoms with Crippen molar-refractivity contribution >= 4 is 64.2 Å². The number of aromatic nitrogens is 1. The molecule has 0 bridgehead atoms. The van der Waals surface area contributed by atoms with Gasteiger partial charge in [0.25, 0.3) is 5.91 Å². The summed E-state index contributed by atoms with van der Waals surface area (Å²) in [7, 11) is 2.84. The number of aromatic amines is 1. The number of rotatable bonds is 11. The molecule has 2 heterocycles. The quantitative estimate of drug-likeness (QED) is 0.0988. The van der Waals surface area contributed by atoms with Gasteiger partial charge in [0.05, 0.1) is 24.0 Å². The minimum Gasteiger partial charge on any atom is -0.480 e. The SMILES string of the molecule is C=C1C(=O)N[C@H](C)C(=O)N[C@H](Cc2c[nH]c3ccccc23)C(=O)N[C@@H](C(=O)O)[C@H](C)C(=O)N[C@@H](C)C(=O)N[C@@H](C=CC(C)=C[C@H](C)[C@H](Cc2ccccc2)OC)[C@H](C)C(=O)N[C@@H](C(=O)O)CCC(=O)N1C. The first kappa shape index (κ1) is 56.0. The number of hydrogen-bond acceptors (Lipinski definition) is 10. The Morgan fingerprint density at radius 1 is 0.789 bits per heavy atom. The van der Waals surface area contributed by atoms with Crippen LogP contribution < -0.4 is 31.9 Å². The molecular weight excluding hydrogens is 917 g/mol. The van der Waals surface area contributed by atoms with E-state index in [1.807, 2.05) is 50.3 Å². The van der Waals surface area contributed by atoms with Crippen molar-refractivity contribution in [1.29, 1.82) is 0 Å². The summed E-state index contributed by atoms with van der Waals surface area (Å²) in [6.07, 6.45) is 6.15. The largest absolute Gasteiger partial charge is 0.480 e. The lowest BCUT2D eigenvalue weighted by Gasteiger charge is -2.27. The van der Waals surface area contributed by atoms with Gasteiger partial charge >= 0.3 is 11.9 Å². The molecule has 0 unspecified atom stereocenters. The van der Waals surface area contributed by atoms with Crippen LogP contribution in [0.2, 0.25) is 0 Å². The molecule has 0 radical (unpaired) electrons. The van der Waals surface area contributed by atoms with E-state index in [1.165, 1.54) is 40.8 Å². The predicted octanol–water partition coefficient (Wildman–Crippen LogP) is 2.26. The molecule has 1 saturated heterocycles. The molecule has 0 aliphatic carbocycles. The van der Waals surface area contributed by atoms with Gasteiger partial charge in [0.2, 0.25) is 35.4 Å². The standard InChI is InChI=1S/C51H66N8O12/c1-27(23-28(2)41(71-9)24-34-15-11-10-12-16-34)19-20-37-29(3)44(61)56-39(50(67)68)21-22-42(60)59(8)33(7)48(65)54-32(6)47(64)57-40(25-35-26-52-38-18-14-13-17-36(35)38)49(66)58-43(51(69)70)30(4)45(62)53-31(5)46(63)55-37/h10-20,23,26,28-32,37,39-41,43,52H,7,21-22,24-25H2,1-6,8-9H3,(H,53,62)(H,54,65)(H,55,63)(H,56,61)(H,57,64)(H,58,66)(H,67,68)(H,69,70)/t28-,29-,30-,31-,32+,37-,39+,40+,41-,43+/m0/s1. The summed E-state index contributed by atoms with van der Waals surface area (Å²) < 4.78 is 5.80. The summed E-state index contributed by atoms with van der Waals surface area (Å²) in [6, 6.07) is 8.14. The zero-order valence-corrected chi connectivity index (χ0v) is 41.2. The number of benzene rings is 2. The van der Waals surface area contributed by atoms with Gasteiger partial charge in [0.1, 0.15) is 35.9 Å². The Balaban J connectivity index is 1.69. The van der Waals surface area contributed by atoms with E-state index in [1.54, 1.807) is 43.6 Å². The van der Waals surface area contributed by atoms with Crippen molar-refractivity contribution < 1.29 is 58.1 Å². The molecule has 382 valence electrons. The topological polar surface area (TPSA) is 295 Å². The van der Waals surface area contributed by atoms with Crippen molar-refractivity contribution in [3.05, 3.63) is 108 Å². The maximum atomic E-state index is 14.1. The van der Waals surface area contributed by atoms with Gasteiger partial charge in [-0.05, 0) is 50.8 Å². The number of allylic oxidation sites excluding steroid dienone is 2. The molecule has 0 spiro atoms. The number of H-pyrrole nitrogens is 1. The lowest BCUT2D eigenvalue weighted by Crippen LogP contribution is -2.59. The second-order valence-electron chi connectivity index (χ2n) is 17.9. The third kappa shape index (κ3) is 15.7. The van der Waals surface area contributed by atoms with Gasteiger partial charge in [-0.15, -0.1) is 0 Å². The maximum absolute atomic E-state index is 14.1. The summed E-state index contributed by atoms with van der Waals surface area (Å²) in [4.78, 5) is 125. The van der Waals surface area contributed by atoms with E-state index in [-0.39, 0.29) is 18.4 Å². The molecule has 1 aliphatic rings. The molecule has 71 heavy (non-hydrogen) atoms. The zero-order chi connectivity index (χ0) is 52.7. The Kier molecular flexibility index (Phi) is 20.4. The minimum absolute atomic E-state index is 0.0974. The molecule has 1 aliphatic heterocycles. The van der Waals surface area contributed by atoms with E-state index in [0.717, 1.165) is 16.0 Å². The summed E-state index contributed by atoms with van der Waals surface area (Å²) in [5.41, 5.74) is 2.67. The van der Waals surface area contributed by atoms with E-state index in [2.05, 4.69) is 43.5 Å². The predicted molar refractivity (Wildman–Crippen MR) is 263 cm³/mol. The van der Waals surface area contributed by atoms with Crippen molar-refractivity contribution in [1.82, 2.24) is 41.8 Å². The van der Waals surface area contributed by atoms with Gasteiger partial charge in [-0.3, -0.25) is 33.6 Å². The molecule has 20 heteroatoms. The Bertz CT molecular complexity index is 2520. The smallest absolute Gasteiger partial charge is 0.327 e. The van der Waals surface area contributed by atoms with E-state index < -0.39 is 120 Å². The molecule has 9 N–H and O–H groups in total. The molecule has 7 amide bonds. The van der Waals surface area contributed by atoms with Gasteiger partial charge in [-0.1, -0.05) is 99.7 Å². The number of carboxylic acid groups (broad SMARTS) is 2. The molecule has 0 saturated carbocycles. The average Bonchev–Trinajstić information content (AvgIpc) is 3.75. The van der Waals surface area contributed by atoms with Crippen LogP contribution in [0.15, 0.2) is 96.9 Å². The number of hydrogen-bond donors (Lipinski definition) is 9. The van der Waals surface area contributed by atoms with Gasteiger partial charge in [0, 0.05) is 50.0 Å². The van der Waals surface area contributed by atoms with Crippen LogP contribution in [-0.4, -0.2) is 130 Å². The van der Waals surface area contributed by atoms with Crippen molar-refractivity contribution in [2.45, 2.75) is 110 Å². The summed E-state index contributed by atoms with van der Waals surface area (Å²) in [5.74, 6) is -12.0. The van der Waals surface area contributed by atoms with Crippen LogP contribution in [0.25, 0.3) is 10.9 Å². The molecule has 20 nitrogen and oxygen atoms in total. The maximum Gasteiger partial charge on any atom is 0.327 e. The first-order valence-electron chi connectivity index (χ1n) is 23.2. The van der Waals surface area contributed by atoms with Crippen LogP contribution in [0, 0.1) is 17.8 Å². The number of carbonyl (C=O) groups is 9. The number of nitrogens with zero attached hydrogens (tertiary/aromatic N) is 1. The molecule has 4 rings (SSSR count). The fraction of sp³-hybridized carbons (Fsp3) is 0.431. The fourth-order valence-electron chi connectivity index (χ4n) is 7.84. The number of para-hydroxylation sites is 1. The number of methoxy groups -OCH3 is 1. The minimum atomic E-state index is -1.88. The van der Waals surface area contributed by atoms with Gasteiger partial charge in [-0.2, -0.15) is 0 Å². The van der Waals surface area contributed by atoms with E-state index in [4.69, 9.17) is 4.74 Å². The van der Waals surface area contributed by atoms with E-state index >= 15 is 0 Å². The second-order valence-corrected chi connectivity index (χ2v) is 17.9. The van der Waals surface area contributed by atoms with Crippen LogP contribution >= 0.6 is 0 Å². The van der Waals surface area contributed by atoms with E-state index in [9.17, 15) is 53.4 Å². The number of nitrogens with one attached hydrogen (secondary N) is 7. The number of aliphatic carboxylic acids is 2. The number of fused-ring (bicyclic) bond motifs is 1. The monoisotopic (exact) mass is 982 g/mol. The van der Waals surface area contributed by atoms with Crippen LogP contribution in [-0.2, 0) is 60.7 Å². The summed E-state index contributed by atoms with van der Waals surface area (Å²) in [6.45, 7) is 12.7. The highest BCUT2D eigenvalue weighted by Crippen LogP contribution is 2.21. The van der Waals surface area contributed by atoms with Gasteiger partial charge < -0.3 is 56.7 Å². The van der Waals surface area contributed by atoms with Crippen LogP contribution in [0.4, 0.5) is 0 Å². The number of carboxylic acids is 2. The highest BCUT2D eigenvalue weighted by atomic mass is 16.5. The average molecular weight is 983 g/mol. The van der Waals surface area contributed by atoms with Crippen LogP contribution in [0.3, 0.4) is 0 Å². The first-order valence-corrected chi connectivity index (χ1v) is 23.2. The molecule has 1 fully saturated rings. The first-order chi connectivity index (χ1) is 33.5. The fourth-order valence-corrected chi connectivity index (χ4v) is 7.84. The van der Waals surface area contributed by atoms with Crippen molar-refractivity contribution in [2.75, 3.05) is 14.2 Å². The third-order valence-corrected chi connectivity index (χ3v) is 12.5. The second kappa shape index (κ2) is 25.8. The van der Waals surface area contributed by atoms with Gasteiger partial charge in [0.15, 0.2) is 0 Å². The lowest BCUT2D eigenvalue weighted by atomic mass is 9.94. The Hall–Kier alpha value is -7.61. The molecule has 1 aromatic heterocycles. The lowest BCUT2D eigenvalue weighted by molar-refractivity contribution is -0.146. The molecule has 10 atom stereocenters. The van der Waals surface area contributed by atoms with Crippen molar-refractivity contribution in [3.8, 4) is 0 Å². The van der Waals surface area contributed by atoms with E-state index in [0.29, 0.717) is 22.9 Å². The Morgan fingerprint density at radius 2 is 1.41 bits per heavy atom. The number of carbonyl (C=O) groups excluding carboxylic acids is 7. The summed E-state index contributed by atoms with van der Waals surface area (Å²) >= 11 is 0. The number of amides is 7. The Labute approximate surface area is 412 Å².